The van der Waals surface area contributed by atoms with Gasteiger partial charge in [-0.1, -0.05) is 11.6 Å². The standard InChI is InChI=1S/C13H9ClO4S2/c14-10-3-1-9(2-4-10)12(15)7-5-11-6-8-13(19-11)20(16,17)18/h1-8H,(H,16,17,18)/b7-5+. The van der Waals surface area contributed by atoms with Crippen molar-refractivity contribution in [1.82, 2.24) is 0 Å². The van der Waals surface area contributed by atoms with Gasteiger partial charge in [0.15, 0.2) is 5.78 Å². The molecule has 20 heavy (non-hydrogen) atoms. The maximum absolute atomic E-state index is 11.8. The second-order valence-corrected chi connectivity index (χ2v) is 7.04. The van der Waals surface area contributed by atoms with Crippen LogP contribution in [0.15, 0.2) is 46.7 Å². The molecule has 0 radical (unpaired) electrons. The number of hydrogen-bond acceptors (Lipinski definition) is 4. The van der Waals surface area contributed by atoms with Crippen molar-refractivity contribution in [3.8, 4) is 0 Å². The van der Waals surface area contributed by atoms with E-state index < -0.39 is 10.1 Å². The largest absolute Gasteiger partial charge is 0.304 e. The Labute approximate surface area is 125 Å². The van der Waals surface area contributed by atoms with Gasteiger partial charge in [-0.15, -0.1) is 11.3 Å². The van der Waals surface area contributed by atoms with Gasteiger partial charge in [0.1, 0.15) is 4.21 Å². The highest BCUT2D eigenvalue weighted by molar-refractivity contribution is 7.88. The van der Waals surface area contributed by atoms with Gasteiger partial charge in [0.2, 0.25) is 0 Å². The van der Waals surface area contributed by atoms with Crippen LogP contribution in [0.5, 0.6) is 0 Å². The van der Waals surface area contributed by atoms with Crippen LogP contribution < -0.4 is 0 Å². The Balaban J connectivity index is 2.15. The molecule has 0 amide bonds. The fourth-order valence-corrected chi connectivity index (χ4v) is 3.15. The molecule has 1 heterocycles. The number of halogens is 1. The van der Waals surface area contributed by atoms with Gasteiger partial charge in [-0.25, -0.2) is 0 Å². The van der Waals surface area contributed by atoms with Crippen LogP contribution in [0.3, 0.4) is 0 Å². The van der Waals surface area contributed by atoms with Crippen LogP contribution in [-0.4, -0.2) is 18.8 Å². The van der Waals surface area contributed by atoms with E-state index in [-0.39, 0.29) is 9.99 Å². The maximum Gasteiger partial charge on any atom is 0.304 e. The first kappa shape index (κ1) is 14.9. The summed E-state index contributed by atoms with van der Waals surface area (Å²) in [4.78, 5) is 12.4. The smallest absolute Gasteiger partial charge is 0.289 e. The third-order valence-electron chi connectivity index (χ3n) is 2.38. The molecule has 0 aliphatic carbocycles. The van der Waals surface area contributed by atoms with Gasteiger partial charge in [-0.05, 0) is 48.6 Å². The lowest BCUT2D eigenvalue weighted by molar-refractivity contribution is 0.104. The molecule has 1 N–H and O–H groups in total. The van der Waals surface area contributed by atoms with E-state index in [2.05, 4.69) is 0 Å². The molecule has 0 bridgehead atoms. The zero-order chi connectivity index (χ0) is 14.8. The fourth-order valence-electron chi connectivity index (χ4n) is 1.43. The molecular formula is C13H9ClO4S2. The molecular weight excluding hydrogens is 320 g/mol. The van der Waals surface area contributed by atoms with Crippen LogP contribution in [0.25, 0.3) is 6.08 Å². The summed E-state index contributed by atoms with van der Waals surface area (Å²) >= 11 is 6.61. The number of benzene rings is 1. The number of carbonyl (C=O) groups excluding carboxylic acids is 1. The van der Waals surface area contributed by atoms with Crippen LogP contribution in [0, 0.1) is 0 Å². The molecule has 0 unspecified atom stereocenters. The predicted octanol–water partition coefficient (Wildman–Crippen LogP) is 3.54. The summed E-state index contributed by atoms with van der Waals surface area (Å²) in [5, 5.41) is 0.543. The normalized spacial score (nSPS) is 11.9. The first-order valence-corrected chi connectivity index (χ1v) is 8.05. The highest BCUT2D eigenvalue weighted by atomic mass is 35.5. The molecule has 0 saturated carbocycles. The Bertz CT molecular complexity index is 758. The molecule has 0 atom stereocenters. The van der Waals surface area contributed by atoms with Crippen LogP contribution in [0.4, 0.5) is 0 Å². The molecule has 0 fully saturated rings. The number of allylic oxidation sites excluding steroid dienone is 1. The zero-order valence-corrected chi connectivity index (χ0v) is 12.4. The van der Waals surface area contributed by atoms with E-state index >= 15 is 0 Å². The van der Waals surface area contributed by atoms with Gasteiger partial charge in [0, 0.05) is 15.5 Å². The lowest BCUT2D eigenvalue weighted by Gasteiger charge is -1.95. The zero-order valence-electron chi connectivity index (χ0n) is 9.99. The Morgan fingerprint density at radius 1 is 1.15 bits per heavy atom. The summed E-state index contributed by atoms with van der Waals surface area (Å²) in [6.45, 7) is 0. The Morgan fingerprint density at radius 2 is 1.80 bits per heavy atom. The summed E-state index contributed by atoms with van der Waals surface area (Å²) in [5.74, 6) is -0.219. The number of hydrogen-bond donors (Lipinski definition) is 1. The number of thiophene rings is 1. The molecule has 1 aromatic heterocycles. The summed E-state index contributed by atoms with van der Waals surface area (Å²) in [6.07, 6.45) is 2.83. The summed E-state index contributed by atoms with van der Waals surface area (Å²) in [5.41, 5.74) is 0.484. The second kappa shape index (κ2) is 5.88. The minimum atomic E-state index is -4.19. The van der Waals surface area contributed by atoms with Gasteiger partial charge in [-0.3, -0.25) is 9.35 Å². The van der Waals surface area contributed by atoms with Crippen molar-refractivity contribution >= 4 is 44.9 Å². The molecule has 2 rings (SSSR count). The van der Waals surface area contributed by atoms with Crippen LogP contribution >= 0.6 is 22.9 Å². The van der Waals surface area contributed by atoms with E-state index in [0.29, 0.717) is 15.5 Å². The quantitative estimate of drug-likeness (QED) is 0.529. The average molecular weight is 329 g/mol. The Hall–Kier alpha value is -1.47. The van der Waals surface area contributed by atoms with Gasteiger partial charge in [-0.2, -0.15) is 8.42 Å². The van der Waals surface area contributed by atoms with E-state index in [1.165, 1.54) is 24.3 Å². The van der Waals surface area contributed by atoms with Crippen molar-refractivity contribution in [2.75, 3.05) is 0 Å². The monoisotopic (exact) mass is 328 g/mol. The molecule has 0 aliphatic rings. The van der Waals surface area contributed by atoms with E-state index in [9.17, 15) is 13.2 Å². The fraction of sp³-hybridized carbons (Fsp3) is 0. The maximum atomic E-state index is 11.8. The van der Waals surface area contributed by atoms with Crippen molar-refractivity contribution in [2.24, 2.45) is 0 Å². The van der Waals surface area contributed by atoms with Crippen molar-refractivity contribution in [3.63, 3.8) is 0 Å². The lowest BCUT2D eigenvalue weighted by Crippen LogP contribution is -1.93. The van der Waals surface area contributed by atoms with Crippen molar-refractivity contribution in [3.05, 3.63) is 57.9 Å². The van der Waals surface area contributed by atoms with E-state index in [1.54, 1.807) is 24.3 Å². The van der Waals surface area contributed by atoms with E-state index in [4.69, 9.17) is 16.2 Å². The number of carbonyl (C=O) groups is 1. The topological polar surface area (TPSA) is 71.4 Å². The van der Waals surface area contributed by atoms with Crippen molar-refractivity contribution in [2.45, 2.75) is 4.21 Å². The number of ketones is 1. The molecule has 0 spiro atoms. The minimum absolute atomic E-state index is 0.156. The molecule has 4 nitrogen and oxygen atoms in total. The molecule has 104 valence electrons. The highest BCUT2D eigenvalue weighted by Crippen LogP contribution is 2.22. The van der Waals surface area contributed by atoms with Gasteiger partial charge in [0.05, 0.1) is 0 Å². The Morgan fingerprint density at radius 3 is 2.35 bits per heavy atom. The second-order valence-electron chi connectivity index (χ2n) is 3.84. The predicted molar refractivity (Wildman–Crippen MR) is 79.0 cm³/mol. The SMILES string of the molecule is O=C(/C=C/c1ccc(S(=O)(=O)O)s1)c1ccc(Cl)cc1. The first-order chi connectivity index (χ1) is 9.36. The van der Waals surface area contributed by atoms with E-state index in [1.807, 2.05) is 0 Å². The third kappa shape index (κ3) is 3.77. The summed E-state index contributed by atoms with van der Waals surface area (Å²) in [7, 11) is -4.19. The molecule has 7 heteroatoms. The van der Waals surface area contributed by atoms with Gasteiger partial charge < -0.3 is 0 Å². The average Bonchev–Trinajstić information content (AvgIpc) is 2.85. The minimum Gasteiger partial charge on any atom is -0.289 e. The molecule has 1 aromatic carbocycles. The van der Waals surface area contributed by atoms with Crippen molar-refractivity contribution in [1.29, 1.82) is 0 Å². The van der Waals surface area contributed by atoms with E-state index in [0.717, 1.165) is 11.3 Å². The molecule has 2 aromatic rings. The third-order valence-corrected chi connectivity index (χ3v) is 5.01. The van der Waals surface area contributed by atoms with Crippen LogP contribution in [-0.2, 0) is 10.1 Å². The first-order valence-electron chi connectivity index (χ1n) is 5.41. The molecule has 0 aliphatic heterocycles. The summed E-state index contributed by atoms with van der Waals surface area (Å²) in [6, 6.07) is 9.24. The molecule has 0 saturated heterocycles. The highest BCUT2D eigenvalue weighted by Gasteiger charge is 2.11. The van der Waals surface area contributed by atoms with Crippen LogP contribution in [0.1, 0.15) is 15.2 Å². The Kier molecular flexibility index (Phi) is 4.39. The van der Waals surface area contributed by atoms with Crippen LogP contribution in [0.2, 0.25) is 5.02 Å². The van der Waals surface area contributed by atoms with Gasteiger partial charge >= 0.3 is 10.1 Å². The number of rotatable bonds is 4. The van der Waals surface area contributed by atoms with Crippen molar-refractivity contribution < 1.29 is 17.8 Å². The van der Waals surface area contributed by atoms with Gasteiger partial charge in [0.25, 0.3) is 0 Å². The summed E-state index contributed by atoms with van der Waals surface area (Å²) < 4.78 is 30.5. The lowest BCUT2D eigenvalue weighted by atomic mass is 10.1.